The van der Waals surface area contributed by atoms with E-state index in [0.29, 0.717) is 11.8 Å². The minimum Gasteiger partial charge on any atom is -0.361 e. The predicted octanol–water partition coefficient (Wildman–Crippen LogP) is 2.64. The van der Waals surface area contributed by atoms with Gasteiger partial charge in [0.05, 0.1) is 17.7 Å². The van der Waals surface area contributed by atoms with Crippen LogP contribution in [0.2, 0.25) is 0 Å². The quantitative estimate of drug-likeness (QED) is 0.836. The maximum Gasteiger partial charge on any atom is 0.253 e. The lowest BCUT2D eigenvalue weighted by Gasteiger charge is -2.32. The Morgan fingerprint density at radius 1 is 1.20 bits per heavy atom. The monoisotopic (exact) mass is 342 g/mol. The Morgan fingerprint density at radius 2 is 1.96 bits per heavy atom. The van der Waals surface area contributed by atoms with Crippen LogP contribution in [0.5, 0.6) is 0 Å². The van der Waals surface area contributed by atoms with E-state index in [-0.39, 0.29) is 5.56 Å². The summed E-state index contributed by atoms with van der Waals surface area (Å²) in [6.45, 7) is 7.78. The van der Waals surface area contributed by atoms with Crippen molar-refractivity contribution in [2.24, 2.45) is 5.92 Å². The molecule has 0 aromatic carbocycles. The van der Waals surface area contributed by atoms with Crippen LogP contribution in [0.15, 0.2) is 21.7 Å². The second-order valence-corrected chi connectivity index (χ2v) is 7.60. The first-order valence-corrected chi connectivity index (χ1v) is 9.30. The molecule has 0 atom stereocenters. The van der Waals surface area contributed by atoms with Gasteiger partial charge < -0.3 is 4.52 Å². The maximum absolute atomic E-state index is 12.3. The van der Waals surface area contributed by atoms with E-state index in [2.05, 4.69) is 15.0 Å². The SMILES string of the molecule is Cc1noc(C)c1CN1CCC(Cn2cnc(C3CC3)cc2=O)CC1. The molecule has 1 aliphatic carbocycles. The molecule has 6 nitrogen and oxygen atoms in total. The summed E-state index contributed by atoms with van der Waals surface area (Å²) in [5, 5.41) is 4.04. The molecule has 3 heterocycles. The molecule has 2 aromatic rings. The first-order valence-electron chi connectivity index (χ1n) is 9.30. The Balaban J connectivity index is 1.32. The molecule has 2 aliphatic rings. The number of hydrogen-bond donors (Lipinski definition) is 0. The molecule has 0 amide bonds. The van der Waals surface area contributed by atoms with Crippen LogP contribution in [0.3, 0.4) is 0 Å². The molecule has 0 radical (unpaired) electrons. The van der Waals surface area contributed by atoms with Gasteiger partial charge in [-0.25, -0.2) is 4.98 Å². The van der Waals surface area contributed by atoms with Gasteiger partial charge in [0.1, 0.15) is 5.76 Å². The van der Waals surface area contributed by atoms with Crippen molar-refractivity contribution in [1.82, 2.24) is 19.6 Å². The van der Waals surface area contributed by atoms with E-state index in [9.17, 15) is 4.79 Å². The summed E-state index contributed by atoms with van der Waals surface area (Å²) in [5.41, 5.74) is 3.30. The van der Waals surface area contributed by atoms with Crippen molar-refractivity contribution >= 4 is 0 Å². The topological polar surface area (TPSA) is 64.2 Å². The van der Waals surface area contributed by atoms with Crippen LogP contribution in [0.25, 0.3) is 0 Å². The van der Waals surface area contributed by atoms with Crippen LogP contribution in [0, 0.1) is 19.8 Å². The fourth-order valence-electron chi connectivity index (χ4n) is 3.74. The van der Waals surface area contributed by atoms with Crippen molar-refractivity contribution in [3.8, 4) is 0 Å². The van der Waals surface area contributed by atoms with Crippen LogP contribution in [-0.2, 0) is 13.1 Å². The number of rotatable bonds is 5. The summed E-state index contributed by atoms with van der Waals surface area (Å²) in [5.74, 6) is 2.01. The van der Waals surface area contributed by atoms with Crippen LogP contribution in [-0.4, -0.2) is 32.7 Å². The van der Waals surface area contributed by atoms with E-state index in [4.69, 9.17) is 4.52 Å². The fraction of sp³-hybridized carbons (Fsp3) is 0.632. The third-order valence-corrected chi connectivity index (χ3v) is 5.62. The largest absolute Gasteiger partial charge is 0.361 e. The van der Waals surface area contributed by atoms with Gasteiger partial charge in [0.2, 0.25) is 0 Å². The van der Waals surface area contributed by atoms with E-state index in [1.807, 2.05) is 13.8 Å². The lowest BCUT2D eigenvalue weighted by Crippen LogP contribution is -2.36. The summed E-state index contributed by atoms with van der Waals surface area (Å²) in [4.78, 5) is 19.2. The summed E-state index contributed by atoms with van der Waals surface area (Å²) < 4.78 is 7.05. The van der Waals surface area contributed by atoms with Crippen molar-refractivity contribution in [1.29, 1.82) is 0 Å². The summed E-state index contributed by atoms with van der Waals surface area (Å²) in [7, 11) is 0. The minimum atomic E-state index is 0.107. The first kappa shape index (κ1) is 16.5. The zero-order valence-corrected chi connectivity index (χ0v) is 15.1. The molecule has 4 rings (SSSR count). The van der Waals surface area contributed by atoms with Crippen LogP contribution in [0.4, 0.5) is 0 Å². The molecule has 0 unspecified atom stereocenters. The number of hydrogen-bond acceptors (Lipinski definition) is 5. The highest BCUT2D eigenvalue weighted by Crippen LogP contribution is 2.38. The molecule has 0 N–H and O–H groups in total. The highest BCUT2D eigenvalue weighted by Gasteiger charge is 2.26. The standard InChI is InChI=1S/C19H26N4O2/c1-13-17(14(2)25-21-13)11-22-7-5-15(6-8-22)10-23-12-20-18(9-19(23)24)16-3-4-16/h9,12,15-16H,3-8,10-11H2,1-2H3. The smallest absolute Gasteiger partial charge is 0.253 e. The molecule has 134 valence electrons. The van der Waals surface area contributed by atoms with E-state index < -0.39 is 0 Å². The van der Waals surface area contributed by atoms with E-state index >= 15 is 0 Å². The Hall–Kier alpha value is -1.95. The molecule has 2 fully saturated rings. The van der Waals surface area contributed by atoms with Gasteiger partial charge in [0, 0.05) is 30.6 Å². The van der Waals surface area contributed by atoms with Crippen LogP contribution < -0.4 is 5.56 Å². The maximum atomic E-state index is 12.3. The lowest BCUT2D eigenvalue weighted by molar-refractivity contribution is 0.165. The molecular formula is C19H26N4O2. The minimum absolute atomic E-state index is 0.107. The second kappa shape index (κ2) is 6.75. The van der Waals surface area contributed by atoms with E-state index in [1.54, 1.807) is 17.0 Å². The average molecular weight is 342 g/mol. The van der Waals surface area contributed by atoms with Gasteiger partial charge in [-0.3, -0.25) is 14.3 Å². The van der Waals surface area contributed by atoms with Crippen molar-refractivity contribution in [2.45, 2.75) is 58.5 Å². The van der Waals surface area contributed by atoms with E-state index in [1.165, 1.54) is 18.4 Å². The summed E-state index contributed by atoms with van der Waals surface area (Å²) >= 11 is 0. The van der Waals surface area contributed by atoms with Crippen molar-refractivity contribution in [3.63, 3.8) is 0 Å². The molecule has 0 spiro atoms. The van der Waals surface area contributed by atoms with Crippen molar-refractivity contribution < 1.29 is 4.52 Å². The summed E-state index contributed by atoms with van der Waals surface area (Å²) in [6.07, 6.45) is 6.34. The Labute approximate surface area is 147 Å². The molecular weight excluding hydrogens is 316 g/mol. The molecule has 0 bridgehead atoms. The predicted molar refractivity (Wildman–Crippen MR) is 94.5 cm³/mol. The van der Waals surface area contributed by atoms with Gasteiger partial charge in [0.25, 0.3) is 5.56 Å². The number of aryl methyl sites for hydroxylation is 2. The molecule has 1 aliphatic heterocycles. The van der Waals surface area contributed by atoms with Crippen LogP contribution >= 0.6 is 0 Å². The lowest BCUT2D eigenvalue weighted by atomic mass is 9.96. The Kier molecular flexibility index (Phi) is 4.46. The molecule has 6 heteroatoms. The number of aromatic nitrogens is 3. The number of likely N-dealkylation sites (tertiary alicyclic amines) is 1. The van der Waals surface area contributed by atoms with Crippen molar-refractivity contribution in [2.75, 3.05) is 13.1 Å². The third kappa shape index (κ3) is 3.68. The highest BCUT2D eigenvalue weighted by atomic mass is 16.5. The van der Waals surface area contributed by atoms with Crippen LogP contribution in [0.1, 0.15) is 54.3 Å². The molecule has 1 saturated heterocycles. The average Bonchev–Trinajstić information content (AvgIpc) is 3.41. The van der Waals surface area contributed by atoms with Gasteiger partial charge in [-0.05, 0) is 58.5 Å². The van der Waals surface area contributed by atoms with Gasteiger partial charge in [0.15, 0.2) is 0 Å². The first-order chi connectivity index (χ1) is 12.1. The van der Waals surface area contributed by atoms with E-state index in [0.717, 1.165) is 56.2 Å². The van der Waals surface area contributed by atoms with Gasteiger partial charge in [-0.2, -0.15) is 0 Å². The second-order valence-electron chi connectivity index (χ2n) is 7.60. The molecule has 2 aromatic heterocycles. The zero-order valence-electron chi connectivity index (χ0n) is 15.1. The van der Waals surface area contributed by atoms with Gasteiger partial charge >= 0.3 is 0 Å². The molecule has 25 heavy (non-hydrogen) atoms. The van der Waals surface area contributed by atoms with Gasteiger partial charge in [-0.15, -0.1) is 0 Å². The summed E-state index contributed by atoms with van der Waals surface area (Å²) in [6, 6.07) is 1.74. The highest BCUT2D eigenvalue weighted by molar-refractivity contribution is 5.20. The normalized spacial score (nSPS) is 19.4. The Bertz CT molecular complexity index is 778. The van der Waals surface area contributed by atoms with Gasteiger partial charge in [-0.1, -0.05) is 5.16 Å². The number of nitrogens with zero attached hydrogens (tertiary/aromatic N) is 4. The Morgan fingerprint density at radius 3 is 2.56 bits per heavy atom. The third-order valence-electron chi connectivity index (χ3n) is 5.62. The fourth-order valence-corrected chi connectivity index (χ4v) is 3.74. The zero-order chi connectivity index (χ0) is 17.4. The van der Waals surface area contributed by atoms with Crippen molar-refractivity contribution in [3.05, 3.63) is 45.5 Å². The molecule has 1 saturated carbocycles. The number of piperidine rings is 1.